The van der Waals surface area contributed by atoms with Crippen LogP contribution in [0.2, 0.25) is 0 Å². The second-order valence-electron chi connectivity index (χ2n) is 2.34. The Morgan fingerprint density at radius 1 is 1.56 bits per heavy atom. The molecule has 2 heterocycles. The number of hydrogen-bond donors (Lipinski definition) is 1. The molecule has 2 rings (SSSR count). The number of nitrogens with one attached hydrogen (secondary N) is 1. The third kappa shape index (κ3) is 0.754. The SMILES string of the molecule is C1=CC2=C(CNCC2)[N]1. The summed E-state index contributed by atoms with van der Waals surface area (Å²) in [4.78, 5) is 0. The smallest absolute Gasteiger partial charge is 0.0574 e. The molecule has 0 spiro atoms. The Bertz CT molecular complexity index is 179. The maximum Gasteiger partial charge on any atom is 0.0574 e. The number of rotatable bonds is 0. The van der Waals surface area contributed by atoms with Gasteiger partial charge in [-0.3, -0.25) is 5.32 Å². The van der Waals surface area contributed by atoms with Gasteiger partial charge in [-0.05, 0) is 24.6 Å². The first-order valence-corrected chi connectivity index (χ1v) is 3.27. The molecule has 0 saturated heterocycles. The molecule has 0 aromatic carbocycles. The summed E-state index contributed by atoms with van der Waals surface area (Å²) in [6.07, 6.45) is 5.14. The zero-order valence-electron chi connectivity index (χ0n) is 5.22. The van der Waals surface area contributed by atoms with Crippen LogP contribution in [-0.2, 0) is 0 Å². The molecule has 0 atom stereocenters. The zero-order valence-corrected chi connectivity index (χ0v) is 5.22. The highest BCUT2D eigenvalue weighted by molar-refractivity contribution is 5.33. The Labute approximate surface area is 54.6 Å². The van der Waals surface area contributed by atoms with E-state index in [0.717, 1.165) is 19.5 Å². The molecule has 2 aliphatic rings. The van der Waals surface area contributed by atoms with E-state index in [2.05, 4.69) is 16.7 Å². The van der Waals surface area contributed by atoms with E-state index in [1.165, 1.54) is 11.3 Å². The molecule has 2 aliphatic heterocycles. The first-order valence-electron chi connectivity index (χ1n) is 3.27. The van der Waals surface area contributed by atoms with E-state index >= 15 is 0 Å². The van der Waals surface area contributed by atoms with Gasteiger partial charge in [0.25, 0.3) is 0 Å². The third-order valence-electron chi connectivity index (χ3n) is 1.74. The second-order valence-corrected chi connectivity index (χ2v) is 2.34. The Balaban J connectivity index is 2.24. The molecule has 0 aromatic heterocycles. The lowest BCUT2D eigenvalue weighted by Gasteiger charge is -2.12. The maximum atomic E-state index is 4.19. The minimum atomic E-state index is 0.961. The van der Waals surface area contributed by atoms with Crippen LogP contribution in [0.25, 0.3) is 0 Å². The molecule has 2 nitrogen and oxygen atoms in total. The summed E-state index contributed by atoms with van der Waals surface area (Å²) >= 11 is 0. The van der Waals surface area contributed by atoms with Crippen LogP contribution in [0.5, 0.6) is 0 Å². The van der Waals surface area contributed by atoms with E-state index < -0.39 is 0 Å². The highest BCUT2D eigenvalue weighted by Gasteiger charge is 2.12. The number of hydrogen-bond acceptors (Lipinski definition) is 1. The van der Waals surface area contributed by atoms with Crippen molar-refractivity contribution in [3.8, 4) is 0 Å². The van der Waals surface area contributed by atoms with E-state index in [9.17, 15) is 0 Å². The highest BCUT2D eigenvalue weighted by Crippen LogP contribution is 2.16. The van der Waals surface area contributed by atoms with Gasteiger partial charge in [0.15, 0.2) is 0 Å². The van der Waals surface area contributed by atoms with Crippen LogP contribution in [0.4, 0.5) is 0 Å². The fourth-order valence-corrected chi connectivity index (χ4v) is 1.21. The summed E-state index contributed by atoms with van der Waals surface area (Å²) in [5.74, 6) is 0. The van der Waals surface area contributed by atoms with E-state index in [-0.39, 0.29) is 0 Å². The minimum absolute atomic E-state index is 0.961. The Hall–Kier alpha value is -0.760. The summed E-state index contributed by atoms with van der Waals surface area (Å²) in [5.41, 5.74) is 2.66. The van der Waals surface area contributed by atoms with Gasteiger partial charge in [0, 0.05) is 12.7 Å². The van der Waals surface area contributed by atoms with Crippen LogP contribution in [0.3, 0.4) is 0 Å². The van der Waals surface area contributed by atoms with Crippen LogP contribution in [0.1, 0.15) is 6.42 Å². The Morgan fingerprint density at radius 2 is 2.56 bits per heavy atom. The standard InChI is InChI=1S/C7H9N2/c1-3-8-5-7-6(1)2-4-9-7/h2,4,8H,1,3,5H2. The van der Waals surface area contributed by atoms with Gasteiger partial charge in [0.05, 0.1) is 5.70 Å². The average molecular weight is 121 g/mol. The molecule has 1 radical (unpaired) electrons. The quantitative estimate of drug-likeness (QED) is 0.492. The molecular formula is C7H9N2. The van der Waals surface area contributed by atoms with Gasteiger partial charge in [0.2, 0.25) is 0 Å². The lowest BCUT2D eigenvalue weighted by Crippen LogP contribution is -2.25. The van der Waals surface area contributed by atoms with Crippen molar-refractivity contribution in [2.45, 2.75) is 6.42 Å². The molecule has 1 N–H and O–H groups in total. The van der Waals surface area contributed by atoms with Crippen molar-refractivity contribution in [2.75, 3.05) is 13.1 Å². The number of allylic oxidation sites excluding steroid dienone is 1. The summed E-state index contributed by atoms with van der Waals surface area (Å²) in [5, 5.41) is 7.46. The zero-order chi connectivity index (χ0) is 6.10. The highest BCUT2D eigenvalue weighted by atomic mass is 15.0. The predicted octanol–water partition coefficient (Wildman–Crippen LogP) is 0.365. The van der Waals surface area contributed by atoms with Crippen molar-refractivity contribution in [1.82, 2.24) is 10.6 Å². The van der Waals surface area contributed by atoms with Gasteiger partial charge in [-0.1, -0.05) is 0 Å². The van der Waals surface area contributed by atoms with Gasteiger partial charge < -0.3 is 5.32 Å². The van der Waals surface area contributed by atoms with Crippen LogP contribution >= 0.6 is 0 Å². The molecule has 0 aliphatic carbocycles. The lowest BCUT2D eigenvalue weighted by molar-refractivity contribution is 0.670. The summed E-state index contributed by atoms with van der Waals surface area (Å²) in [7, 11) is 0. The van der Waals surface area contributed by atoms with Crippen LogP contribution in [0, 0.1) is 0 Å². The maximum absolute atomic E-state index is 4.19. The molecule has 47 valence electrons. The van der Waals surface area contributed by atoms with Crippen LogP contribution in [-0.4, -0.2) is 13.1 Å². The summed E-state index contributed by atoms with van der Waals surface area (Å²) in [6, 6.07) is 0. The van der Waals surface area contributed by atoms with Gasteiger partial charge in [0.1, 0.15) is 0 Å². The molecule has 9 heavy (non-hydrogen) atoms. The number of nitrogens with zero attached hydrogens (tertiary/aromatic N) is 1. The van der Waals surface area contributed by atoms with Crippen LogP contribution < -0.4 is 10.6 Å². The normalized spacial score (nSPS) is 24.0. The molecule has 2 heteroatoms. The molecule has 0 bridgehead atoms. The van der Waals surface area contributed by atoms with Crippen molar-refractivity contribution in [1.29, 1.82) is 0 Å². The van der Waals surface area contributed by atoms with Gasteiger partial charge in [-0.25, -0.2) is 0 Å². The molecule has 0 saturated carbocycles. The molecule has 0 aromatic rings. The molecule has 0 fully saturated rings. The van der Waals surface area contributed by atoms with Crippen molar-refractivity contribution in [2.24, 2.45) is 0 Å². The Morgan fingerprint density at radius 3 is 3.44 bits per heavy atom. The van der Waals surface area contributed by atoms with Gasteiger partial charge in [-0.2, -0.15) is 0 Å². The first-order chi connectivity index (χ1) is 4.47. The van der Waals surface area contributed by atoms with E-state index in [0.29, 0.717) is 0 Å². The minimum Gasteiger partial charge on any atom is -0.311 e. The first kappa shape index (κ1) is 5.06. The van der Waals surface area contributed by atoms with E-state index in [1.807, 2.05) is 6.20 Å². The van der Waals surface area contributed by atoms with E-state index in [1.54, 1.807) is 0 Å². The van der Waals surface area contributed by atoms with Crippen molar-refractivity contribution in [3.63, 3.8) is 0 Å². The van der Waals surface area contributed by atoms with Gasteiger partial charge in [-0.15, -0.1) is 0 Å². The fourth-order valence-electron chi connectivity index (χ4n) is 1.21. The topological polar surface area (TPSA) is 26.1 Å². The van der Waals surface area contributed by atoms with Gasteiger partial charge >= 0.3 is 0 Å². The van der Waals surface area contributed by atoms with E-state index in [4.69, 9.17) is 0 Å². The van der Waals surface area contributed by atoms with Crippen molar-refractivity contribution < 1.29 is 0 Å². The molecule has 0 unspecified atom stereocenters. The lowest BCUT2D eigenvalue weighted by atomic mass is 10.1. The van der Waals surface area contributed by atoms with Crippen molar-refractivity contribution in [3.05, 3.63) is 23.5 Å². The summed E-state index contributed by atoms with van der Waals surface area (Å²) in [6.45, 7) is 2.07. The monoisotopic (exact) mass is 121 g/mol. The average Bonchev–Trinajstić information content (AvgIpc) is 2.33. The molecular weight excluding hydrogens is 112 g/mol. The fraction of sp³-hybridized carbons (Fsp3) is 0.429. The third-order valence-corrected chi connectivity index (χ3v) is 1.74. The summed E-state index contributed by atoms with van der Waals surface area (Å²) < 4.78 is 0. The molecule has 0 amide bonds. The van der Waals surface area contributed by atoms with Crippen LogP contribution in [0.15, 0.2) is 23.5 Å². The Kier molecular flexibility index (Phi) is 1.06. The predicted molar refractivity (Wildman–Crippen MR) is 35.8 cm³/mol. The van der Waals surface area contributed by atoms with Crippen molar-refractivity contribution >= 4 is 0 Å². The second kappa shape index (κ2) is 1.88. The largest absolute Gasteiger partial charge is 0.311 e.